The van der Waals surface area contributed by atoms with Gasteiger partial charge in [-0.05, 0) is 132 Å². The Morgan fingerprint density at radius 3 is 2.00 bits per heavy atom. The van der Waals surface area contributed by atoms with E-state index in [9.17, 15) is 0 Å². The number of hydrogen-bond donors (Lipinski definition) is 0. The first kappa shape index (κ1) is 22.5. The highest BCUT2D eigenvalue weighted by Gasteiger charge is 2.59. The van der Waals surface area contributed by atoms with Gasteiger partial charge in [0.1, 0.15) is 0 Å². The molecule has 0 aromatic carbocycles. The lowest BCUT2D eigenvalue weighted by atomic mass is 9.45. The molecule has 0 radical (unpaired) electrons. The van der Waals surface area contributed by atoms with Gasteiger partial charge in [0.2, 0.25) is 0 Å². The largest absolute Gasteiger partial charge is 0.415 e. The van der Waals surface area contributed by atoms with Gasteiger partial charge >= 0.3 is 0 Å². The van der Waals surface area contributed by atoms with Crippen molar-refractivity contribution in [2.24, 2.45) is 34.5 Å². The van der Waals surface area contributed by atoms with Crippen molar-refractivity contribution in [1.29, 1.82) is 0 Å². The van der Waals surface area contributed by atoms with Crippen molar-refractivity contribution in [3.8, 4) is 0 Å². The summed E-state index contributed by atoms with van der Waals surface area (Å²) < 4.78 is 13.2. The standard InChI is InChI=1S/C25H48O2Si2/c1-24-13-12-22-21(23(24)16-20(17-24)27-29(6,7)8)10-9-18-15-19(26-28(3,4)5)11-14-25(18,22)2/h18-23H,9-17H2,1-8H3. The fourth-order valence-corrected chi connectivity index (χ4v) is 10.8. The first-order valence-electron chi connectivity index (χ1n) is 12.6. The monoisotopic (exact) mass is 436 g/mol. The van der Waals surface area contributed by atoms with Gasteiger partial charge in [-0.3, -0.25) is 0 Å². The quantitative estimate of drug-likeness (QED) is 0.425. The Kier molecular flexibility index (Phi) is 5.79. The maximum atomic E-state index is 6.65. The van der Waals surface area contributed by atoms with E-state index in [1.54, 1.807) is 0 Å². The lowest BCUT2D eigenvalue weighted by Crippen LogP contribution is -2.53. The third-order valence-electron chi connectivity index (χ3n) is 9.39. The molecule has 4 rings (SSSR count). The molecule has 0 aromatic heterocycles. The van der Waals surface area contributed by atoms with E-state index < -0.39 is 16.6 Å². The van der Waals surface area contributed by atoms with Gasteiger partial charge in [-0.1, -0.05) is 13.8 Å². The molecule has 168 valence electrons. The van der Waals surface area contributed by atoms with Crippen molar-refractivity contribution in [2.75, 3.05) is 0 Å². The van der Waals surface area contributed by atoms with E-state index in [0.29, 0.717) is 23.0 Å². The van der Waals surface area contributed by atoms with Gasteiger partial charge in [-0.2, -0.15) is 0 Å². The molecule has 0 saturated heterocycles. The SMILES string of the molecule is CC12CCC3C(CCC4CC(O[Si](C)(C)C)CCC43C)C1CC(O[Si](C)(C)C)C2. The third-order valence-corrected chi connectivity index (χ3v) is 11.5. The van der Waals surface area contributed by atoms with Gasteiger partial charge in [0.05, 0.1) is 0 Å². The van der Waals surface area contributed by atoms with E-state index in [1.807, 2.05) is 0 Å². The molecule has 4 aliphatic carbocycles. The van der Waals surface area contributed by atoms with E-state index in [1.165, 1.54) is 57.8 Å². The maximum absolute atomic E-state index is 6.65. The Balaban J connectivity index is 1.48. The smallest absolute Gasteiger partial charge is 0.184 e. The summed E-state index contributed by atoms with van der Waals surface area (Å²) >= 11 is 0. The lowest BCUT2D eigenvalue weighted by Gasteiger charge is -2.60. The molecule has 0 heterocycles. The second-order valence-corrected chi connectivity index (χ2v) is 22.7. The van der Waals surface area contributed by atoms with Gasteiger partial charge < -0.3 is 8.85 Å². The lowest BCUT2D eigenvalue weighted by molar-refractivity contribution is -0.118. The summed E-state index contributed by atoms with van der Waals surface area (Å²) in [6, 6.07) is 0. The van der Waals surface area contributed by atoms with E-state index in [-0.39, 0.29) is 0 Å². The minimum atomic E-state index is -1.44. The van der Waals surface area contributed by atoms with Crippen LogP contribution in [-0.4, -0.2) is 28.8 Å². The number of fused-ring (bicyclic) bond motifs is 5. The van der Waals surface area contributed by atoms with Crippen molar-refractivity contribution >= 4 is 16.6 Å². The fourth-order valence-electron chi connectivity index (χ4n) is 8.41. The first-order valence-corrected chi connectivity index (χ1v) is 19.5. The van der Waals surface area contributed by atoms with Crippen LogP contribution in [0.4, 0.5) is 0 Å². The zero-order chi connectivity index (χ0) is 21.2. The third kappa shape index (κ3) is 4.47. The first-order chi connectivity index (χ1) is 13.3. The van der Waals surface area contributed by atoms with Gasteiger partial charge in [0, 0.05) is 12.2 Å². The Labute approximate surface area is 183 Å². The van der Waals surface area contributed by atoms with Gasteiger partial charge in [0.15, 0.2) is 16.6 Å². The molecule has 8 atom stereocenters. The summed E-state index contributed by atoms with van der Waals surface area (Å²) in [4.78, 5) is 0. The second kappa shape index (κ2) is 7.45. The molecule has 0 spiro atoms. The molecule has 0 aromatic rings. The van der Waals surface area contributed by atoms with E-state index in [0.717, 1.165) is 23.7 Å². The zero-order valence-electron chi connectivity index (χ0n) is 20.6. The molecule has 0 bridgehead atoms. The highest BCUT2D eigenvalue weighted by atomic mass is 28.4. The predicted octanol–water partition coefficient (Wildman–Crippen LogP) is 7.47. The molecule has 4 fully saturated rings. The highest BCUT2D eigenvalue weighted by Crippen LogP contribution is 2.66. The van der Waals surface area contributed by atoms with Crippen LogP contribution in [0, 0.1) is 34.5 Å². The fraction of sp³-hybridized carbons (Fsp3) is 1.00. The zero-order valence-corrected chi connectivity index (χ0v) is 22.6. The van der Waals surface area contributed by atoms with Crippen molar-refractivity contribution in [2.45, 2.75) is 123 Å². The topological polar surface area (TPSA) is 18.5 Å². The molecule has 0 amide bonds. The van der Waals surface area contributed by atoms with Crippen molar-refractivity contribution in [3.63, 3.8) is 0 Å². The van der Waals surface area contributed by atoms with Crippen LogP contribution >= 0.6 is 0 Å². The van der Waals surface area contributed by atoms with Crippen LogP contribution < -0.4 is 0 Å². The van der Waals surface area contributed by atoms with E-state index >= 15 is 0 Å². The molecule has 0 aliphatic heterocycles. The number of rotatable bonds is 4. The molecule has 2 nitrogen and oxygen atoms in total. The second-order valence-electron chi connectivity index (χ2n) is 13.8. The molecular weight excluding hydrogens is 388 g/mol. The van der Waals surface area contributed by atoms with Gasteiger partial charge in [0.25, 0.3) is 0 Å². The molecule has 4 aliphatic rings. The predicted molar refractivity (Wildman–Crippen MR) is 128 cm³/mol. The van der Waals surface area contributed by atoms with E-state index in [2.05, 4.69) is 53.1 Å². The molecule has 4 heteroatoms. The molecule has 0 N–H and O–H groups in total. The number of hydrogen-bond acceptors (Lipinski definition) is 2. The summed E-state index contributed by atoms with van der Waals surface area (Å²) in [5.41, 5.74) is 1.12. The average Bonchev–Trinajstić information content (AvgIpc) is 2.88. The average molecular weight is 437 g/mol. The summed E-state index contributed by atoms with van der Waals surface area (Å²) in [5.74, 6) is 3.73. The summed E-state index contributed by atoms with van der Waals surface area (Å²) in [6.07, 6.45) is 13.7. The van der Waals surface area contributed by atoms with Crippen LogP contribution in [0.1, 0.15) is 71.6 Å². The summed E-state index contributed by atoms with van der Waals surface area (Å²) in [6.45, 7) is 19.5. The van der Waals surface area contributed by atoms with Gasteiger partial charge in [-0.15, -0.1) is 0 Å². The Morgan fingerprint density at radius 2 is 1.34 bits per heavy atom. The van der Waals surface area contributed by atoms with Crippen LogP contribution in [0.3, 0.4) is 0 Å². The molecule has 8 unspecified atom stereocenters. The Morgan fingerprint density at radius 1 is 0.690 bits per heavy atom. The normalized spacial score (nSPS) is 48.0. The van der Waals surface area contributed by atoms with Crippen LogP contribution in [0.15, 0.2) is 0 Å². The maximum Gasteiger partial charge on any atom is 0.184 e. The van der Waals surface area contributed by atoms with Crippen LogP contribution in [0.2, 0.25) is 39.3 Å². The van der Waals surface area contributed by atoms with Crippen LogP contribution in [-0.2, 0) is 8.85 Å². The Hall–Kier alpha value is 0.354. The van der Waals surface area contributed by atoms with Gasteiger partial charge in [-0.25, -0.2) is 0 Å². The molecular formula is C25H48O2Si2. The van der Waals surface area contributed by atoms with Crippen LogP contribution in [0.5, 0.6) is 0 Å². The van der Waals surface area contributed by atoms with E-state index in [4.69, 9.17) is 8.85 Å². The summed E-state index contributed by atoms with van der Waals surface area (Å²) in [7, 11) is -2.87. The minimum Gasteiger partial charge on any atom is -0.415 e. The van der Waals surface area contributed by atoms with Crippen LogP contribution in [0.25, 0.3) is 0 Å². The molecule has 29 heavy (non-hydrogen) atoms. The van der Waals surface area contributed by atoms with Crippen molar-refractivity contribution in [1.82, 2.24) is 0 Å². The highest BCUT2D eigenvalue weighted by molar-refractivity contribution is 6.70. The van der Waals surface area contributed by atoms with Crippen molar-refractivity contribution in [3.05, 3.63) is 0 Å². The minimum absolute atomic E-state index is 0.543. The molecule has 4 saturated carbocycles. The van der Waals surface area contributed by atoms with Crippen molar-refractivity contribution < 1.29 is 8.85 Å². The summed E-state index contributed by atoms with van der Waals surface area (Å²) in [5, 5.41) is 0. The Bertz CT molecular complexity index is 609.